The van der Waals surface area contributed by atoms with Crippen molar-refractivity contribution >= 4 is 31.6 Å². The molecule has 0 aromatic heterocycles. The molecule has 1 aromatic carbocycles. The topological polar surface area (TPSA) is 72.2 Å². The fourth-order valence-corrected chi connectivity index (χ4v) is 4.21. The minimum Gasteiger partial charge on any atom is -0.398 e. The minimum atomic E-state index is -3.53. The zero-order valence-corrected chi connectivity index (χ0v) is 13.4. The number of nitrogen functional groups attached to an aromatic ring is 1. The molecule has 1 saturated carbocycles. The van der Waals surface area contributed by atoms with Crippen LogP contribution in [0.2, 0.25) is 0 Å². The van der Waals surface area contributed by atoms with Crippen LogP contribution in [0.25, 0.3) is 0 Å². The number of hydrogen-bond acceptors (Lipinski definition) is 3. The van der Waals surface area contributed by atoms with Crippen LogP contribution >= 0.6 is 15.9 Å². The number of rotatable bonds is 4. The Kier molecular flexibility index (Phi) is 4.23. The van der Waals surface area contributed by atoms with Gasteiger partial charge in [-0.15, -0.1) is 0 Å². The highest BCUT2D eigenvalue weighted by Gasteiger charge is 2.30. The number of hydrogen-bond donors (Lipinski definition) is 2. The summed E-state index contributed by atoms with van der Waals surface area (Å²) in [7, 11) is -3.53. The normalized spacial score (nSPS) is 18.6. The van der Waals surface area contributed by atoms with E-state index in [1.807, 2.05) is 0 Å². The number of anilines is 1. The molecule has 0 atom stereocenters. The molecule has 0 heterocycles. The zero-order valence-electron chi connectivity index (χ0n) is 10.9. The third-order valence-corrected chi connectivity index (χ3v) is 5.73. The second-order valence-electron chi connectivity index (χ2n) is 5.52. The second-order valence-corrected chi connectivity index (χ2v) is 8.18. The predicted octanol–water partition coefficient (Wildman–Crippen LogP) is 2.89. The first-order valence-electron chi connectivity index (χ1n) is 6.37. The molecule has 3 N–H and O–H groups in total. The summed E-state index contributed by atoms with van der Waals surface area (Å²) in [5.41, 5.74) is 6.12. The van der Waals surface area contributed by atoms with Crippen LogP contribution in [-0.2, 0) is 10.0 Å². The summed E-state index contributed by atoms with van der Waals surface area (Å²) < 4.78 is 28.0. The Hall–Kier alpha value is -0.590. The molecule has 0 unspecified atom stereocenters. The number of sulfonamides is 1. The number of halogens is 1. The van der Waals surface area contributed by atoms with E-state index in [4.69, 9.17) is 5.73 Å². The average Bonchev–Trinajstić information content (AvgIpc) is 2.74. The van der Waals surface area contributed by atoms with Crippen LogP contribution < -0.4 is 10.5 Å². The van der Waals surface area contributed by atoms with Crippen molar-refractivity contribution in [1.82, 2.24) is 4.72 Å². The minimum absolute atomic E-state index is 0.0806. The largest absolute Gasteiger partial charge is 0.398 e. The molecule has 6 heteroatoms. The first-order chi connectivity index (χ1) is 8.82. The second kappa shape index (κ2) is 5.42. The fourth-order valence-electron chi connectivity index (χ4n) is 2.52. The monoisotopic (exact) mass is 346 g/mol. The molecule has 2 rings (SSSR count). The molecular formula is C13H19BrN2O2S. The van der Waals surface area contributed by atoms with Crippen molar-refractivity contribution in [1.29, 1.82) is 0 Å². The Labute approximate surface area is 122 Å². The Morgan fingerprint density at radius 3 is 2.58 bits per heavy atom. The maximum absolute atomic E-state index is 12.3. The van der Waals surface area contributed by atoms with E-state index in [1.165, 1.54) is 18.9 Å². The molecule has 0 amide bonds. The standard InChI is InChI=1S/C13H19BrN2O2S/c1-13(6-2-3-7-13)9-16-19(17,18)12-5-4-10(14)8-11(12)15/h4-5,8,16H,2-3,6-7,9,15H2,1H3. The van der Waals surface area contributed by atoms with E-state index >= 15 is 0 Å². The first-order valence-corrected chi connectivity index (χ1v) is 8.65. The van der Waals surface area contributed by atoms with E-state index in [0.717, 1.165) is 17.3 Å². The van der Waals surface area contributed by atoms with Gasteiger partial charge in [0.15, 0.2) is 0 Å². The molecule has 106 valence electrons. The average molecular weight is 347 g/mol. The lowest BCUT2D eigenvalue weighted by atomic mass is 9.89. The van der Waals surface area contributed by atoms with E-state index in [9.17, 15) is 8.42 Å². The van der Waals surface area contributed by atoms with Crippen LogP contribution in [0.3, 0.4) is 0 Å². The van der Waals surface area contributed by atoms with Crippen LogP contribution in [0, 0.1) is 5.41 Å². The van der Waals surface area contributed by atoms with Crippen molar-refractivity contribution in [2.45, 2.75) is 37.5 Å². The van der Waals surface area contributed by atoms with Gasteiger partial charge in [0.1, 0.15) is 4.90 Å². The van der Waals surface area contributed by atoms with Gasteiger partial charge in [-0.2, -0.15) is 0 Å². The van der Waals surface area contributed by atoms with E-state index in [-0.39, 0.29) is 16.0 Å². The lowest BCUT2D eigenvalue weighted by Gasteiger charge is -2.23. The Morgan fingerprint density at radius 2 is 2.00 bits per heavy atom. The van der Waals surface area contributed by atoms with E-state index in [0.29, 0.717) is 6.54 Å². The van der Waals surface area contributed by atoms with Gasteiger partial charge in [-0.3, -0.25) is 0 Å². The van der Waals surface area contributed by atoms with Gasteiger partial charge in [-0.1, -0.05) is 35.7 Å². The van der Waals surface area contributed by atoms with Gasteiger partial charge in [0, 0.05) is 11.0 Å². The zero-order chi connectivity index (χ0) is 14.1. The van der Waals surface area contributed by atoms with Gasteiger partial charge in [0.05, 0.1) is 5.69 Å². The highest BCUT2D eigenvalue weighted by atomic mass is 79.9. The summed E-state index contributed by atoms with van der Waals surface area (Å²) in [4.78, 5) is 0.150. The maximum Gasteiger partial charge on any atom is 0.242 e. The molecule has 0 radical (unpaired) electrons. The molecule has 19 heavy (non-hydrogen) atoms. The quantitative estimate of drug-likeness (QED) is 0.823. The van der Waals surface area contributed by atoms with Crippen molar-refractivity contribution in [3.8, 4) is 0 Å². The number of nitrogens with two attached hydrogens (primary N) is 1. The fraction of sp³-hybridized carbons (Fsp3) is 0.538. The predicted molar refractivity (Wildman–Crippen MR) is 80.3 cm³/mol. The van der Waals surface area contributed by atoms with Crippen molar-refractivity contribution in [2.75, 3.05) is 12.3 Å². The van der Waals surface area contributed by atoms with E-state index in [2.05, 4.69) is 27.6 Å². The van der Waals surface area contributed by atoms with Crippen molar-refractivity contribution in [3.05, 3.63) is 22.7 Å². The lowest BCUT2D eigenvalue weighted by Crippen LogP contribution is -2.34. The van der Waals surface area contributed by atoms with Gasteiger partial charge in [0.25, 0.3) is 0 Å². The van der Waals surface area contributed by atoms with Gasteiger partial charge in [-0.25, -0.2) is 13.1 Å². The SMILES string of the molecule is CC1(CNS(=O)(=O)c2ccc(Br)cc2N)CCCC1. The molecular weight excluding hydrogens is 328 g/mol. The highest BCUT2D eigenvalue weighted by molar-refractivity contribution is 9.10. The molecule has 4 nitrogen and oxygen atoms in total. The third-order valence-electron chi connectivity index (χ3n) is 3.76. The Morgan fingerprint density at radius 1 is 1.37 bits per heavy atom. The highest BCUT2D eigenvalue weighted by Crippen LogP contribution is 2.37. The van der Waals surface area contributed by atoms with Gasteiger partial charge in [-0.05, 0) is 36.5 Å². The maximum atomic E-state index is 12.3. The van der Waals surface area contributed by atoms with Crippen molar-refractivity contribution < 1.29 is 8.42 Å². The molecule has 1 aromatic rings. The summed E-state index contributed by atoms with van der Waals surface area (Å²) in [5.74, 6) is 0. The molecule has 1 aliphatic carbocycles. The summed E-state index contributed by atoms with van der Waals surface area (Å²) in [5, 5.41) is 0. The van der Waals surface area contributed by atoms with Crippen LogP contribution in [0.5, 0.6) is 0 Å². The number of nitrogens with one attached hydrogen (secondary N) is 1. The first kappa shape index (κ1) is 14.8. The smallest absolute Gasteiger partial charge is 0.242 e. The van der Waals surface area contributed by atoms with Crippen LogP contribution in [0.15, 0.2) is 27.6 Å². The summed E-state index contributed by atoms with van der Waals surface area (Å²) >= 11 is 3.27. The van der Waals surface area contributed by atoms with Crippen molar-refractivity contribution in [2.24, 2.45) is 5.41 Å². The molecule has 0 bridgehead atoms. The number of benzene rings is 1. The lowest BCUT2D eigenvalue weighted by molar-refractivity contribution is 0.336. The summed E-state index contributed by atoms with van der Waals surface area (Å²) in [6.07, 6.45) is 4.51. The van der Waals surface area contributed by atoms with Gasteiger partial charge >= 0.3 is 0 Å². The van der Waals surface area contributed by atoms with Crippen LogP contribution in [-0.4, -0.2) is 15.0 Å². The molecule has 0 aliphatic heterocycles. The molecule has 0 spiro atoms. The Balaban J connectivity index is 2.14. The van der Waals surface area contributed by atoms with Gasteiger partial charge < -0.3 is 5.73 Å². The van der Waals surface area contributed by atoms with Crippen LogP contribution in [0.4, 0.5) is 5.69 Å². The van der Waals surface area contributed by atoms with E-state index < -0.39 is 10.0 Å². The van der Waals surface area contributed by atoms with Crippen molar-refractivity contribution in [3.63, 3.8) is 0 Å². The molecule has 1 fully saturated rings. The van der Waals surface area contributed by atoms with E-state index in [1.54, 1.807) is 12.1 Å². The molecule has 0 saturated heterocycles. The van der Waals surface area contributed by atoms with Crippen LogP contribution in [0.1, 0.15) is 32.6 Å². The summed E-state index contributed by atoms with van der Waals surface area (Å²) in [6, 6.07) is 4.81. The van der Waals surface area contributed by atoms with Gasteiger partial charge in [0.2, 0.25) is 10.0 Å². The summed E-state index contributed by atoms with van der Waals surface area (Å²) in [6.45, 7) is 2.61. The third kappa shape index (κ3) is 3.49. The molecule has 1 aliphatic rings. The Bertz CT molecular complexity index is 566.